The third-order valence-electron chi connectivity index (χ3n) is 4.89. The molecule has 3 N–H and O–H groups in total. The summed E-state index contributed by atoms with van der Waals surface area (Å²) in [6.45, 7) is 0.281. The SMILES string of the molecule is COc1ccc(COc2ccc(C(=O)NNC(=O)C(=O)O)c(Cl)c2OCc2ccc(OC)cc2)cc1. The highest BCUT2D eigenvalue weighted by Crippen LogP contribution is 2.39. The van der Waals surface area contributed by atoms with Gasteiger partial charge in [0.05, 0.1) is 24.8 Å². The number of nitrogens with one attached hydrogen (secondary N) is 2. The highest BCUT2D eigenvalue weighted by molar-refractivity contribution is 6.36. The number of benzene rings is 3. The van der Waals surface area contributed by atoms with Crippen molar-refractivity contribution in [2.24, 2.45) is 0 Å². The van der Waals surface area contributed by atoms with E-state index in [2.05, 4.69) is 0 Å². The van der Waals surface area contributed by atoms with Crippen LogP contribution in [0, 0.1) is 0 Å². The summed E-state index contributed by atoms with van der Waals surface area (Å²) in [6, 6.07) is 17.3. The number of ether oxygens (including phenoxy) is 4. The van der Waals surface area contributed by atoms with Gasteiger partial charge in [0.15, 0.2) is 11.5 Å². The normalized spacial score (nSPS) is 10.2. The van der Waals surface area contributed by atoms with Crippen LogP contribution in [0.25, 0.3) is 0 Å². The van der Waals surface area contributed by atoms with Crippen LogP contribution in [0.15, 0.2) is 60.7 Å². The van der Waals surface area contributed by atoms with Crippen LogP contribution >= 0.6 is 11.6 Å². The van der Waals surface area contributed by atoms with Crippen molar-refractivity contribution in [3.8, 4) is 23.0 Å². The zero-order valence-electron chi connectivity index (χ0n) is 19.4. The van der Waals surface area contributed by atoms with Gasteiger partial charge in [-0.05, 0) is 47.5 Å². The van der Waals surface area contributed by atoms with Crippen LogP contribution < -0.4 is 29.8 Å². The first kappa shape index (κ1) is 26.2. The van der Waals surface area contributed by atoms with Gasteiger partial charge in [0.25, 0.3) is 5.91 Å². The van der Waals surface area contributed by atoms with Gasteiger partial charge >= 0.3 is 11.9 Å². The molecular formula is C25H23ClN2O8. The molecule has 2 amide bonds. The van der Waals surface area contributed by atoms with Crippen molar-refractivity contribution in [2.45, 2.75) is 13.2 Å². The van der Waals surface area contributed by atoms with E-state index in [0.29, 0.717) is 11.5 Å². The van der Waals surface area contributed by atoms with Crippen LogP contribution in [0.5, 0.6) is 23.0 Å². The summed E-state index contributed by atoms with van der Waals surface area (Å²) in [4.78, 5) is 34.4. The average molecular weight is 515 g/mol. The van der Waals surface area contributed by atoms with Gasteiger partial charge < -0.3 is 24.1 Å². The van der Waals surface area contributed by atoms with Gasteiger partial charge in [0, 0.05) is 0 Å². The van der Waals surface area contributed by atoms with Crippen molar-refractivity contribution >= 4 is 29.4 Å². The average Bonchev–Trinajstić information content (AvgIpc) is 2.90. The van der Waals surface area contributed by atoms with Crippen LogP contribution in [0.1, 0.15) is 21.5 Å². The number of carboxylic acid groups (broad SMARTS) is 1. The number of halogens is 1. The first-order chi connectivity index (χ1) is 17.3. The molecule has 0 aromatic heterocycles. The molecule has 0 saturated carbocycles. The zero-order valence-corrected chi connectivity index (χ0v) is 20.1. The third-order valence-corrected chi connectivity index (χ3v) is 5.26. The van der Waals surface area contributed by atoms with Crippen LogP contribution in [-0.4, -0.2) is 37.1 Å². The zero-order chi connectivity index (χ0) is 26.1. The quantitative estimate of drug-likeness (QED) is 0.292. The second-order valence-electron chi connectivity index (χ2n) is 7.24. The predicted octanol–water partition coefficient (Wildman–Crippen LogP) is 3.36. The van der Waals surface area contributed by atoms with Gasteiger partial charge in [0.2, 0.25) is 0 Å². The maximum atomic E-state index is 12.5. The number of hydrazine groups is 1. The Morgan fingerprint density at radius 1 is 0.778 bits per heavy atom. The summed E-state index contributed by atoms with van der Waals surface area (Å²) in [5, 5.41) is 8.57. The number of rotatable bonds is 9. The lowest BCUT2D eigenvalue weighted by molar-refractivity contribution is -0.150. The molecule has 0 aliphatic rings. The molecule has 0 bridgehead atoms. The number of carbonyl (C=O) groups excluding carboxylic acids is 2. The third kappa shape index (κ3) is 6.80. The Hall–Kier alpha value is -4.44. The molecule has 0 spiro atoms. The maximum Gasteiger partial charge on any atom is 0.396 e. The molecule has 0 aliphatic carbocycles. The summed E-state index contributed by atoms with van der Waals surface area (Å²) in [6.07, 6.45) is 0. The molecular weight excluding hydrogens is 492 g/mol. The lowest BCUT2D eigenvalue weighted by Crippen LogP contribution is -2.44. The number of carbonyl (C=O) groups is 3. The van der Waals surface area contributed by atoms with E-state index in [1.807, 2.05) is 29.7 Å². The Bertz CT molecular complexity index is 1230. The Morgan fingerprint density at radius 3 is 1.81 bits per heavy atom. The largest absolute Gasteiger partial charge is 0.497 e. The predicted molar refractivity (Wildman–Crippen MR) is 129 cm³/mol. The van der Waals surface area contributed by atoms with E-state index in [-0.39, 0.29) is 35.3 Å². The smallest absolute Gasteiger partial charge is 0.396 e. The minimum absolute atomic E-state index is 0.0658. The van der Waals surface area contributed by atoms with Crippen LogP contribution in [0.2, 0.25) is 5.02 Å². The molecule has 0 unspecified atom stereocenters. The van der Waals surface area contributed by atoms with E-state index in [0.717, 1.165) is 11.1 Å². The van der Waals surface area contributed by atoms with Crippen molar-refractivity contribution in [2.75, 3.05) is 14.2 Å². The number of carboxylic acids is 1. The summed E-state index contributed by atoms with van der Waals surface area (Å²) in [5.41, 5.74) is 5.36. The van der Waals surface area contributed by atoms with E-state index in [4.69, 9.17) is 35.7 Å². The highest BCUT2D eigenvalue weighted by atomic mass is 35.5. The topological polar surface area (TPSA) is 132 Å². The lowest BCUT2D eigenvalue weighted by Gasteiger charge is -2.17. The van der Waals surface area contributed by atoms with Crippen LogP contribution in [-0.2, 0) is 22.8 Å². The molecule has 36 heavy (non-hydrogen) atoms. The molecule has 3 rings (SSSR count). The van der Waals surface area contributed by atoms with Gasteiger partial charge in [-0.15, -0.1) is 0 Å². The van der Waals surface area contributed by atoms with Crippen LogP contribution in [0.3, 0.4) is 0 Å². The van der Waals surface area contributed by atoms with E-state index in [1.54, 1.807) is 43.9 Å². The minimum Gasteiger partial charge on any atom is -0.497 e. The first-order valence-corrected chi connectivity index (χ1v) is 10.9. The monoisotopic (exact) mass is 514 g/mol. The summed E-state index contributed by atoms with van der Waals surface area (Å²) >= 11 is 6.49. The molecule has 0 atom stereocenters. The van der Waals surface area contributed by atoms with Gasteiger partial charge in [0.1, 0.15) is 24.7 Å². The van der Waals surface area contributed by atoms with E-state index in [1.165, 1.54) is 12.1 Å². The van der Waals surface area contributed by atoms with Crippen LogP contribution in [0.4, 0.5) is 0 Å². The van der Waals surface area contributed by atoms with Crippen molar-refractivity contribution in [1.29, 1.82) is 0 Å². The highest BCUT2D eigenvalue weighted by Gasteiger charge is 2.21. The second kappa shape index (κ2) is 12.3. The first-order valence-electron chi connectivity index (χ1n) is 10.5. The lowest BCUT2D eigenvalue weighted by atomic mass is 10.1. The van der Waals surface area contributed by atoms with Crippen molar-refractivity contribution in [3.63, 3.8) is 0 Å². The summed E-state index contributed by atoms with van der Waals surface area (Å²) in [7, 11) is 3.14. The number of aliphatic carboxylic acids is 1. The van der Waals surface area contributed by atoms with Gasteiger partial charge in [-0.1, -0.05) is 35.9 Å². The van der Waals surface area contributed by atoms with Crippen molar-refractivity contribution in [1.82, 2.24) is 10.9 Å². The summed E-state index contributed by atoms with van der Waals surface area (Å²) in [5.74, 6) is -2.25. The standard InChI is InChI=1S/C25H23ClN2O8/c1-33-17-7-3-15(4-8-17)13-35-20-12-11-19(23(29)27-28-24(30)25(31)32)21(26)22(20)36-14-16-5-9-18(34-2)10-6-16/h3-12H,13-14H2,1-2H3,(H,27,29)(H,28,30)(H,31,32). The minimum atomic E-state index is -1.76. The van der Waals surface area contributed by atoms with Crippen molar-refractivity contribution in [3.05, 3.63) is 82.4 Å². The number of hydrogen-bond acceptors (Lipinski definition) is 7. The van der Waals surface area contributed by atoms with Crippen molar-refractivity contribution < 1.29 is 38.4 Å². The molecule has 0 heterocycles. The molecule has 10 nitrogen and oxygen atoms in total. The summed E-state index contributed by atoms with van der Waals surface area (Å²) < 4.78 is 22.2. The fourth-order valence-corrected chi connectivity index (χ4v) is 3.25. The van der Waals surface area contributed by atoms with Gasteiger partial charge in [-0.25, -0.2) is 4.79 Å². The Labute approximate surface area is 211 Å². The molecule has 3 aromatic rings. The van der Waals surface area contributed by atoms with E-state index >= 15 is 0 Å². The molecule has 3 aromatic carbocycles. The Balaban J connectivity index is 1.83. The Kier molecular flexibility index (Phi) is 8.95. The molecule has 0 aliphatic heterocycles. The maximum absolute atomic E-state index is 12.5. The molecule has 188 valence electrons. The Morgan fingerprint density at radius 2 is 1.31 bits per heavy atom. The van der Waals surface area contributed by atoms with Gasteiger partial charge in [-0.3, -0.25) is 20.4 Å². The molecule has 0 radical (unpaired) electrons. The molecule has 11 heteroatoms. The fourth-order valence-electron chi connectivity index (χ4n) is 2.96. The second-order valence-corrected chi connectivity index (χ2v) is 7.62. The molecule has 0 fully saturated rings. The van der Waals surface area contributed by atoms with E-state index in [9.17, 15) is 14.4 Å². The number of hydrogen-bond donors (Lipinski definition) is 3. The van der Waals surface area contributed by atoms with E-state index < -0.39 is 17.8 Å². The molecule has 0 saturated heterocycles. The number of amides is 2. The van der Waals surface area contributed by atoms with Gasteiger partial charge in [-0.2, -0.15) is 0 Å². The fraction of sp³-hybridized carbons (Fsp3) is 0.160. The number of methoxy groups -OCH3 is 2.